The molecule has 0 unspecified atom stereocenters. The largest absolute Gasteiger partial charge is 0.383 e. The molecular weight excluding hydrogens is 392 g/mol. The summed E-state index contributed by atoms with van der Waals surface area (Å²) < 4.78 is 9.19. The number of ether oxygens (including phenoxy) is 1. The van der Waals surface area contributed by atoms with Crippen molar-refractivity contribution < 1.29 is 4.74 Å². The average Bonchev–Trinajstić information content (AvgIpc) is 3.33. The van der Waals surface area contributed by atoms with Crippen LogP contribution in [0.2, 0.25) is 0 Å². The molecule has 4 aromatic rings. The van der Waals surface area contributed by atoms with E-state index >= 15 is 0 Å². The summed E-state index contributed by atoms with van der Waals surface area (Å²) in [5.74, 6) is 1.58. The molecule has 31 heavy (non-hydrogen) atoms. The van der Waals surface area contributed by atoms with Crippen molar-refractivity contribution in [3.63, 3.8) is 0 Å². The van der Waals surface area contributed by atoms with Gasteiger partial charge in [0.25, 0.3) is 0 Å². The maximum absolute atomic E-state index is 6.01. The molecule has 0 bridgehead atoms. The first-order valence-electron chi connectivity index (χ1n) is 10.8. The molecule has 0 spiro atoms. The van der Waals surface area contributed by atoms with Gasteiger partial charge >= 0.3 is 0 Å². The SMILES string of the molecule is COCCn1c(C)nc2ccc(-c3ccn4nc(N[C@H]5CC[C@H](N)CC5)ncc34)nc21. The lowest BCUT2D eigenvalue weighted by Gasteiger charge is -2.26. The lowest BCUT2D eigenvalue weighted by atomic mass is 9.92. The summed E-state index contributed by atoms with van der Waals surface area (Å²) >= 11 is 0. The van der Waals surface area contributed by atoms with Crippen LogP contribution in [0.3, 0.4) is 0 Å². The number of fused-ring (bicyclic) bond motifs is 2. The maximum Gasteiger partial charge on any atom is 0.241 e. The van der Waals surface area contributed by atoms with E-state index in [9.17, 15) is 0 Å². The predicted molar refractivity (Wildman–Crippen MR) is 120 cm³/mol. The molecule has 162 valence electrons. The quantitative estimate of drug-likeness (QED) is 0.494. The minimum atomic E-state index is 0.327. The summed E-state index contributed by atoms with van der Waals surface area (Å²) in [5, 5.41) is 8.12. The molecule has 0 aromatic carbocycles. The van der Waals surface area contributed by atoms with Gasteiger partial charge in [0, 0.05) is 37.5 Å². The van der Waals surface area contributed by atoms with Gasteiger partial charge in [-0.2, -0.15) is 0 Å². The Morgan fingerprint density at radius 2 is 2.00 bits per heavy atom. The van der Waals surface area contributed by atoms with Crippen molar-refractivity contribution in [1.29, 1.82) is 0 Å². The van der Waals surface area contributed by atoms with Crippen LogP contribution in [0.25, 0.3) is 27.9 Å². The normalized spacial score (nSPS) is 19.3. The van der Waals surface area contributed by atoms with Gasteiger partial charge in [0.15, 0.2) is 5.65 Å². The topological polar surface area (TPSA) is 108 Å². The number of nitrogens with one attached hydrogen (secondary N) is 1. The van der Waals surface area contributed by atoms with E-state index in [1.54, 1.807) is 7.11 Å². The number of pyridine rings is 1. The molecule has 1 aliphatic carbocycles. The van der Waals surface area contributed by atoms with E-state index in [0.717, 1.165) is 66.0 Å². The van der Waals surface area contributed by atoms with Crippen LogP contribution >= 0.6 is 0 Å². The summed E-state index contributed by atoms with van der Waals surface area (Å²) in [6.07, 6.45) is 8.01. The van der Waals surface area contributed by atoms with Gasteiger partial charge in [0.2, 0.25) is 5.95 Å². The zero-order chi connectivity index (χ0) is 21.4. The van der Waals surface area contributed by atoms with Crippen LogP contribution in [-0.4, -0.2) is 54.9 Å². The molecule has 0 aliphatic heterocycles. The highest BCUT2D eigenvalue weighted by Crippen LogP contribution is 2.27. The van der Waals surface area contributed by atoms with Gasteiger partial charge in [0.1, 0.15) is 11.3 Å². The number of imidazole rings is 1. The van der Waals surface area contributed by atoms with E-state index in [1.807, 2.05) is 42.0 Å². The van der Waals surface area contributed by atoms with Crippen molar-refractivity contribution in [1.82, 2.24) is 29.1 Å². The summed E-state index contributed by atoms with van der Waals surface area (Å²) in [7, 11) is 1.70. The Morgan fingerprint density at radius 1 is 1.16 bits per heavy atom. The van der Waals surface area contributed by atoms with Crippen molar-refractivity contribution in [2.24, 2.45) is 5.73 Å². The van der Waals surface area contributed by atoms with Gasteiger partial charge in [-0.3, -0.25) is 0 Å². The first kappa shape index (κ1) is 19.9. The van der Waals surface area contributed by atoms with Gasteiger partial charge in [-0.1, -0.05) is 0 Å². The van der Waals surface area contributed by atoms with Crippen molar-refractivity contribution in [2.75, 3.05) is 19.0 Å². The lowest BCUT2D eigenvalue weighted by molar-refractivity contribution is 0.187. The number of anilines is 1. The zero-order valence-electron chi connectivity index (χ0n) is 18.0. The smallest absolute Gasteiger partial charge is 0.241 e. The van der Waals surface area contributed by atoms with Crippen LogP contribution < -0.4 is 11.1 Å². The third kappa shape index (κ3) is 3.86. The molecule has 9 nitrogen and oxygen atoms in total. The van der Waals surface area contributed by atoms with E-state index in [0.29, 0.717) is 24.6 Å². The molecule has 0 radical (unpaired) electrons. The molecular formula is C22H28N8O. The molecule has 1 fully saturated rings. The number of hydrogen-bond donors (Lipinski definition) is 2. The van der Waals surface area contributed by atoms with Crippen molar-refractivity contribution >= 4 is 22.6 Å². The second-order valence-corrected chi connectivity index (χ2v) is 8.24. The number of hydrogen-bond acceptors (Lipinski definition) is 7. The van der Waals surface area contributed by atoms with Crippen LogP contribution in [-0.2, 0) is 11.3 Å². The lowest BCUT2D eigenvalue weighted by Crippen LogP contribution is -2.33. The summed E-state index contributed by atoms with van der Waals surface area (Å²) in [5.41, 5.74) is 10.5. The highest BCUT2D eigenvalue weighted by molar-refractivity contribution is 5.82. The standard InChI is InChI=1S/C22H28N8O/c1-14-25-19-8-7-18(27-21(19)29(14)11-12-31-2)17-9-10-30-20(17)13-24-22(28-30)26-16-5-3-15(23)4-6-16/h7-10,13,15-16H,3-6,11-12,23H2,1-2H3,(H,26,28)/t15-,16-. The Hall–Kier alpha value is -3.04. The molecule has 3 N–H and O–H groups in total. The highest BCUT2D eigenvalue weighted by Gasteiger charge is 2.19. The average molecular weight is 421 g/mol. The molecule has 5 rings (SSSR count). The number of aromatic nitrogens is 6. The third-order valence-corrected chi connectivity index (χ3v) is 6.10. The van der Waals surface area contributed by atoms with Gasteiger partial charge in [0.05, 0.1) is 24.0 Å². The van der Waals surface area contributed by atoms with Gasteiger partial charge in [-0.25, -0.2) is 19.5 Å². The molecule has 1 saturated carbocycles. The molecule has 0 atom stereocenters. The number of nitrogens with zero attached hydrogens (tertiary/aromatic N) is 6. The van der Waals surface area contributed by atoms with Crippen LogP contribution in [0.5, 0.6) is 0 Å². The Morgan fingerprint density at radius 3 is 2.81 bits per heavy atom. The van der Waals surface area contributed by atoms with Gasteiger partial charge < -0.3 is 20.4 Å². The van der Waals surface area contributed by atoms with Gasteiger partial charge in [-0.15, -0.1) is 5.10 Å². The summed E-state index contributed by atoms with van der Waals surface area (Å²) in [6, 6.07) is 6.76. The van der Waals surface area contributed by atoms with Crippen LogP contribution in [0.15, 0.2) is 30.6 Å². The fourth-order valence-corrected chi connectivity index (χ4v) is 4.34. The van der Waals surface area contributed by atoms with Crippen LogP contribution in [0, 0.1) is 6.92 Å². The zero-order valence-corrected chi connectivity index (χ0v) is 18.0. The molecule has 0 amide bonds. The van der Waals surface area contributed by atoms with E-state index in [-0.39, 0.29) is 0 Å². The number of rotatable bonds is 6. The fraction of sp³-hybridized carbons (Fsp3) is 0.455. The Bertz CT molecular complexity index is 1210. The first-order valence-corrected chi connectivity index (χ1v) is 10.8. The van der Waals surface area contributed by atoms with Crippen LogP contribution in [0.4, 0.5) is 5.95 Å². The van der Waals surface area contributed by atoms with Crippen molar-refractivity contribution in [3.05, 3.63) is 36.4 Å². The minimum absolute atomic E-state index is 0.327. The molecule has 0 saturated heterocycles. The third-order valence-electron chi connectivity index (χ3n) is 6.10. The number of aryl methyl sites for hydroxylation is 1. The maximum atomic E-state index is 6.01. The highest BCUT2D eigenvalue weighted by atomic mass is 16.5. The molecule has 4 aromatic heterocycles. The second-order valence-electron chi connectivity index (χ2n) is 8.24. The predicted octanol–water partition coefficient (Wildman–Crippen LogP) is 2.78. The van der Waals surface area contributed by atoms with Crippen LogP contribution in [0.1, 0.15) is 31.5 Å². The van der Waals surface area contributed by atoms with Gasteiger partial charge in [-0.05, 0) is 50.8 Å². The minimum Gasteiger partial charge on any atom is -0.383 e. The second kappa shape index (κ2) is 8.24. The van der Waals surface area contributed by atoms with Crippen molar-refractivity contribution in [2.45, 2.75) is 51.2 Å². The Balaban J connectivity index is 1.44. The van der Waals surface area contributed by atoms with E-state index in [2.05, 4.69) is 25.0 Å². The number of nitrogens with two attached hydrogens (primary N) is 1. The van der Waals surface area contributed by atoms with E-state index < -0.39 is 0 Å². The first-order chi connectivity index (χ1) is 15.1. The van der Waals surface area contributed by atoms with E-state index in [4.69, 9.17) is 15.5 Å². The Labute approximate surface area is 180 Å². The molecule has 9 heteroatoms. The summed E-state index contributed by atoms with van der Waals surface area (Å²) in [4.78, 5) is 14.1. The fourth-order valence-electron chi connectivity index (χ4n) is 4.34. The summed E-state index contributed by atoms with van der Waals surface area (Å²) in [6.45, 7) is 3.33. The van der Waals surface area contributed by atoms with E-state index in [1.165, 1.54) is 0 Å². The monoisotopic (exact) mass is 420 g/mol. The Kier molecular flexibility index (Phi) is 5.29. The number of methoxy groups -OCH3 is 1. The van der Waals surface area contributed by atoms with Crippen molar-refractivity contribution in [3.8, 4) is 11.3 Å². The molecule has 1 aliphatic rings. The molecule has 4 heterocycles.